The normalized spacial score (nSPS) is 14.0. The van der Waals surface area contributed by atoms with Crippen molar-refractivity contribution in [2.45, 2.75) is 78.7 Å². The van der Waals surface area contributed by atoms with E-state index in [1.807, 2.05) is 0 Å². The maximum Gasteiger partial charge on any atom is 0.0658 e. The molecule has 0 aromatic carbocycles. The second-order valence-corrected chi connectivity index (χ2v) is 13.1. The molecule has 0 fully saturated rings. The molecule has 5 rings (SSSR count). The molecule has 1 N–H and O–H groups in total. The highest BCUT2D eigenvalue weighted by Gasteiger charge is 2.34. The van der Waals surface area contributed by atoms with E-state index in [2.05, 4.69) is 133 Å². The number of aromatic amines is 1. The number of nitrogens with one attached hydrogen (secondary N) is 1. The molecule has 4 nitrogen and oxygen atoms in total. The summed E-state index contributed by atoms with van der Waals surface area (Å²) in [5, 5.41) is 0. The topological polar surface area (TPSA) is 46.5 Å². The summed E-state index contributed by atoms with van der Waals surface area (Å²) in [5.41, 5.74) is 10.8. The molecule has 0 radical (unpaired) electrons. The van der Waals surface area contributed by atoms with Crippen molar-refractivity contribution in [3.8, 4) is 0 Å². The summed E-state index contributed by atoms with van der Waals surface area (Å²) in [6.07, 6.45) is 8.43. The van der Waals surface area contributed by atoms with E-state index in [1.165, 1.54) is 22.2 Å². The van der Waals surface area contributed by atoms with Crippen LogP contribution in [0, 0.1) is 0 Å². The van der Waals surface area contributed by atoms with Crippen molar-refractivity contribution < 1.29 is 0 Å². The Morgan fingerprint density at radius 2 is 0.917 bits per heavy atom. The molecule has 0 saturated carbocycles. The average molecular weight is 479 g/mol. The molecule has 0 unspecified atom stereocenters. The molecular weight excluding hydrogens is 440 g/mol. The maximum absolute atomic E-state index is 4.98. The number of aromatic nitrogens is 4. The van der Waals surface area contributed by atoms with Crippen molar-refractivity contribution in [1.29, 1.82) is 0 Å². The van der Waals surface area contributed by atoms with Gasteiger partial charge in [0.1, 0.15) is 0 Å². The zero-order valence-electron chi connectivity index (χ0n) is 23.1. The van der Waals surface area contributed by atoms with E-state index in [4.69, 9.17) is 9.97 Å². The van der Waals surface area contributed by atoms with Crippen LogP contribution in [0.1, 0.15) is 96.2 Å². The molecule has 3 aromatic heterocycles. The number of hydrogen-bond donors (Lipinski definition) is 1. The number of hydrogen-bond acceptors (Lipinski definition) is 2. The van der Waals surface area contributed by atoms with Gasteiger partial charge in [-0.2, -0.15) is 0 Å². The maximum atomic E-state index is 4.98. The fourth-order valence-corrected chi connectivity index (χ4v) is 5.43. The molecular formula is C32H38N4. The van der Waals surface area contributed by atoms with Crippen LogP contribution in [0.25, 0.3) is 46.4 Å². The van der Waals surface area contributed by atoms with Gasteiger partial charge in [-0.3, -0.25) is 0 Å². The Morgan fingerprint density at radius 3 is 1.25 bits per heavy atom. The first-order valence-corrected chi connectivity index (χ1v) is 12.9. The van der Waals surface area contributed by atoms with Gasteiger partial charge in [0.15, 0.2) is 0 Å². The largest absolute Gasteiger partial charge is 0.355 e. The van der Waals surface area contributed by atoms with Crippen LogP contribution in [-0.4, -0.2) is 19.5 Å². The Labute approximate surface area is 214 Å². The van der Waals surface area contributed by atoms with Crippen molar-refractivity contribution in [1.82, 2.24) is 19.5 Å². The molecule has 0 aliphatic carbocycles. The molecule has 3 aromatic rings. The zero-order valence-corrected chi connectivity index (χ0v) is 23.1. The molecule has 2 aliphatic rings. The van der Waals surface area contributed by atoms with Gasteiger partial charge in [0, 0.05) is 27.6 Å². The lowest BCUT2D eigenvalue weighted by molar-refractivity contribution is 0.420. The van der Waals surface area contributed by atoms with Crippen LogP contribution in [-0.2, 0) is 16.4 Å². The molecule has 2 aliphatic heterocycles. The van der Waals surface area contributed by atoms with Crippen molar-refractivity contribution in [2.24, 2.45) is 0 Å². The second kappa shape index (κ2) is 8.06. The van der Waals surface area contributed by atoms with Gasteiger partial charge < -0.3 is 9.55 Å². The summed E-state index contributed by atoms with van der Waals surface area (Å²) in [6.45, 7) is 20.8. The van der Waals surface area contributed by atoms with Gasteiger partial charge in [-0.25, -0.2) is 9.97 Å². The highest BCUT2D eigenvalue weighted by Crippen LogP contribution is 2.44. The SMILES string of the molecule is CC(C)(C)c1c(C(C)(C)C)c2cc3nc(cc4ccc(cc5nc(cc1n2C(C)(C)C)C=C5)[nH]4)C=C3. The quantitative estimate of drug-likeness (QED) is 0.242. The van der Waals surface area contributed by atoms with E-state index in [0.717, 1.165) is 33.8 Å². The Hall–Kier alpha value is -3.40. The summed E-state index contributed by atoms with van der Waals surface area (Å²) in [7, 11) is 0. The van der Waals surface area contributed by atoms with E-state index >= 15 is 0 Å². The third-order valence-corrected chi connectivity index (χ3v) is 6.69. The number of H-pyrrole nitrogens is 1. The Kier molecular flexibility index (Phi) is 5.44. The van der Waals surface area contributed by atoms with Crippen LogP contribution in [0.15, 0.2) is 36.4 Å². The van der Waals surface area contributed by atoms with Gasteiger partial charge in [-0.15, -0.1) is 0 Å². The van der Waals surface area contributed by atoms with Gasteiger partial charge in [0.2, 0.25) is 0 Å². The molecule has 36 heavy (non-hydrogen) atoms. The summed E-state index contributed by atoms with van der Waals surface area (Å²) in [4.78, 5) is 13.4. The second-order valence-electron chi connectivity index (χ2n) is 13.1. The smallest absolute Gasteiger partial charge is 0.0658 e. The minimum absolute atomic E-state index is 0.0588. The van der Waals surface area contributed by atoms with Crippen LogP contribution < -0.4 is 0 Å². The first kappa shape index (κ1) is 24.3. The van der Waals surface area contributed by atoms with E-state index in [9.17, 15) is 0 Å². The summed E-state index contributed by atoms with van der Waals surface area (Å²) in [5.74, 6) is 0. The summed E-state index contributed by atoms with van der Waals surface area (Å²) in [6, 6.07) is 12.9. The first-order valence-electron chi connectivity index (χ1n) is 12.9. The fraction of sp³-hybridized carbons (Fsp3) is 0.375. The number of fused-ring (bicyclic) bond motifs is 8. The van der Waals surface area contributed by atoms with Gasteiger partial charge in [0.05, 0.1) is 22.8 Å². The van der Waals surface area contributed by atoms with Crippen LogP contribution in [0.5, 0.6) is 0 Å². The molecule has 8 bridgehead atoms. The van der Waals surface area contributed by atoms with Crippen molar-refractivity contribution in [3.05, 3.63) is 70.3 Å². The zero-order chi connectivity index (χ0) is 26.0. The van der Waals surface area contributed by atoms with Crippen LogP contribution in [0.4, 0.5) is 0 Å². The van der Waals surface area contributed by atoms with Gasteiger partial charge in [-0.05, 0) is 103 Å². The Bertz CT molecular complexity index is 1460. The molecule has 186 valence electrons. The van der Waals surface area contributed by atoms with Crippen molar-refractivity contribution in [3.63, 3.8) is 0 Å². The summed E-state index contributed by atoms with van der Waals surface area (Å²) < 4.78 is 2.51. The first-order chi connectivity index (χ1) is 16.7. The standard InChI is InChI=1S/C32H38N4/c1-30(2,3)28-26-18-24-14-12-22(34-24)16-20-10-11-21(33-20)17-23-13-15-25(35-23)19-27(29(28)31(4,5)6)36(26)32(7,8)9/h10-19,33H,1-9H3. The fourth-order valence-electron chi connectivity index (χ4n) is 5.43. The number of nitrogens with zero attached hydrogens (tertiary/aromatic N) is 3. The predicted molar refractivity (Wildman–Crippen MR) is 155 cm³/mol. The van der Waals surface area contributed by atoms with E-state index in [-0.39, 0.29) is 16.4 Å². The predicted octanol–water partition coefficient (Wildman–Crippen LogP) is 8.48. The van der Waals surface area contributed by atoms with Gasteiger partial charge in [0.25, 0.3) is 0 Å². The summed E-state index contributed by atoms with van der Waals surface area (Å²) >= 11 is 0. The average Bonchev–Trinajstić information content (AvgIpc) is 3.48. The molecule has 0 spiro atoms. The van der Waals surface area contributed by atoms with Crippen LogP contribution >= 0.6 is 0 Å². The lowest BCUT2D eigenvalue weighted by Crippen LogP contribution is -2.22. The van der Waals surface area contributed by atoms with Crippen molar-refractivity contribution >= 4 is 46.4 Å². The molecule has 0 atom stereocenters. The van der Waals surface area contributed by atoms with E-state index in [1.54, 1.807) is 0 Å². The Balaban J connectivity index is 2.08. The highest BCUT2D eigenvalue weighted by molar-refractivity contribution is 5.83. The third-order valence-electron chi connectivity index (χ3n) is 6.69. The minimum atomic E-state index is -0.144. The van der Waals surface area contributed by atoms with E-state index in [0.29, 0.717) is 0 Å². The van der Waals surface area contributed by atoms with Gasteiger partial charge >= 0.3 is 0 Å². The van der Waals surface area contributed by atoms with Gasteiger partial charge in [-0.1, -0.05) is 41.5 Å². The Morgan fingerprint density at radius 1 is 0.556 bits per heavy atom. The van der Waals surface area contributed by atoms with Crippen LogP contribution in [0.3, 0.4) is 0 Å². The lowest BCUT2D eigenvalue weighted by Gasteiger charge is -2.27. The van der Waals surface area contributed by atoms with Crippen LogP contribution in [0.2, 0.25) is 0 Å². The molecule has 4 heteroatoms. The van der Waals surface area contributed by atoms with Crippen molar-refractivity contribution in [2.75, 3.05) is 0 Å². The molecule has 5 heterocycles. The lowest BCUT2D eigenvalue weighted by atomic mass is 9.76. The molecule has 0 saturated heterocycles. The van der Waals surface area contributed by atoms with E-state index < -0.39 is 0 Å². The molecule has 0 amide bonds. The highest BCUT2D eigenvalue weighted by atomic mass is 15.1. The minimum Gasteiger partial charge on any atom is -0.355 e. The monoisotopic (exact) mass is 478 g/mol. The number of rotatable bonds is 0. The third kappa shape index (κ3) is 4.45.